The van der Waals surface area contributed by atoms with E-state index < -0.39 is 11.9 Å². The zero-order valence-electron chi connectivity index (χ0n) is 19.3. The second kappa shape index (κ2) is 11.9. The lowest BCUT2D eigenvalue weighted by Crippen LogP contribution is -2.24. The Morgan fingerprint density at radius 3 is 1.50 bits per heavy atom. The molecule has 172 valence electrons. The van der Waals surface area contributed by atoms with Crippen molar-refractivity contribution in [3.8, 4) is 11.5 Å². The molecule has 32 heavy (non-hydrogen) atoms. The van der Waals surface area contributed by atoms with Gasteiger partial charge in [-0.2, -0.15) is 0 Å². The topological polar surface area (TPSA) is 71.1 Å². The molecule has 0 heterocycles. The molecule has 0 aliphatic rings. The SMILES string of the molecule is C=C(C)C(=O)OC(CC)COc1ccc2ccc(OCC(CC)OC(=O)C(=C)C)cc2c1. The molecule has 2 aromatic rings. The number of ether oxygens (including phenoxy) is 4. The molecule has 0 fully saturated rings. The third-order valence-corrected chi connectivity index (χ3v) is 4.81. The fourth-order valence-electron chi connectivity index (χ4n) is 2.74. The van der Waals surface area contributed by atoms with Crippen LogP contribution in [0.5, 0.6) is 11.5 Å². The highest BCUT2D eigenvalue weighted by Gasteiger charge is 2.15. The average molecular weight is 441 g/mol. The first-order chi connectivity index (χ1) is 15.2. The van der Waals surface area contributed by atoms with Gasteiger partial charge >= 0.3 is 11.9 Å². The Bertz CT molecular complexity index is 903. The molecule has 0 saturated carbocycles. The molecule has 0 amide bonds. The number of rotatable bonds is 12. The zero-order chi connectivity index (χ0) is 23.7. The van der Waals surface area contributed by atoms with Gasteiger partial charge < -0.3 is 18.9 Å². The van der Waals surface area contributed by atoms with Crippen LogP contribution in [0.4, 0.5) is 0 Å². The Morgan fingerprint density at radius 2 is 1.16 bits per heavy atom. The lowest BCUT2D eigenvalue weighted by atomic mass is 10.1. The van der Waals surface area contributed by atoms with E-state index in [9.17, 15) is 9.59 Å². The molecule has 0 aliphatic carbocycles. The van der Waals surface area contributed by atoms with E-state index in [1.54, 1.807) is 13.8 Å². The number of esters is 2. The number of hydrogen-bond donors (Lipinski definition) is 0. The van der Waals surface area contributed by atoms with Crippen LogP contribution in [0.1, 0.15) is 40.5 Å². The van der Waals surface area contributed by atoms with Crippen molar-refractivity contribution in [1.29, 1.82) is 0 Å². The van der Waals surface area contributed by atoms with Gasteiger partial charge in [-0.25, -0.2) is 9.59 Å². The maximum atomic E-state index is 11.7. The zero-order valence-corrected chi connectivity index (χ0v) is 19.3. The molecular formula is C26H32O6. The maximum Gasteiger partial charge on any atom is 0.333 e. The van der Waals surface area contributed by atoms with E-state index >= 15 is 0 Å². The van der Waals surface area contributed by atoms with E-state index in [0.29, 0.717) is 35.5 Å². The van der Waals surface area contributed by atoms with Crippen molar-refractivity contribution in [3.05, 3.63) is 60.7 Å². The summed E-state index contributed by atoms with van der Waals surface area (Å²) in [6, 6.07) is 11.5. The second-order valence-electron chi connectivity index (χ2n) is 7.72. The quantitative estimate of drug-likeness (QED) is 0.325. The largest absolute Gasteiger partial charge is 0.490 e. The molecule has 0 bridgehead atoms. The van der Waals surface area contributed by atoms with Crippen LogP contribution in [0, 0.1) is 0 Å². The lowest BCUT2D eigenvalue weighted by Gasteiger charge is -2.18. The highest BCUT2D eigenvalue weighted by atomic mass is 16.6. The summed E-state index contributed by atoms with van der Waals surface area (Å²) in [6.07, 6.45) is 0.577. The van der Waals surface area contributed by atoms with Crippen LogP contribution in [-0.4, -0.2) is 37.4 Å². The van der Waals surface area contributed by atoms with Crippen LogP contribution in [-0.2, 0) is 19.1 Å². The molecule has 0 saturated heterocycles. The van der Waals surface area contributed by atoms with Crippen molar-refractivity contribution < 1.29 is 28.5 Å². The highest BCUT2D eigenvalue weighted by molar-refractivity contribution is 5.87. The predicted octanol–water partition coefficient (Wildman–Crippen LogP) is 5.39. The van der Waals surface area contributed by atoms with Crippen molar-refractivity contribution in [2.45, 2.75) is 52.7 Å². The number of carbonyl (C=O) groups is 2. The molecule has 0 aliphatic heterocycles. The Labute approximate surface area is 189 Å². The van der Waals surface area contributed by atoms with Crippen LogP contribution >= 0.6 is 0 Å². The van der Waals surface area contributed by atoms with Gasteiger partial charge in [0.25, 0.3) is 0 Å². The van der Waals surface area contributed by atoms with Crippen molar-refractivity contribution >= 4 is 22.7 Å². The summed E-state index contributed by atoms with van der Waals surface area (Å²) in [7, 11) is 0. The number of benzene rings is 2. The van der Waals surface area contributed by atoms with Gasteiger partial charge in [0, 0.05) is 11.1 Å². The van der Waals surface area contributed by atoms with Gasteiger partial charge in [0.15, 0.2) is 0 Å². The minimum atomic E-state index is -0.417. The van der Waals surface area contributed by atoms with Crippen molar-refractivity contribution in [2.24, 2.45) is 0 Å². The Kier molecular flexibility index (Phi) is 9.32. The van der Waals surface area contributed by atoms with E-state index in [-0.39, 0.29) is 25.4 Å². The van der Waals surface area contributed by atoms with Crippen LogP contribution in [0.3, 0.4) is 0 Å². The van der Waals surface area contributed by atoms with Gasteiger partial charge in [-0.15, -0.1) is 0 Å². The summed E-state index contributed by atoms with van der Waals surface area (Å²) in [5.41, 5.74) is 0.725. The van der Waals surface area contributed by atoms with E-state index in [1.165, 1.54) is 0 Å². The Hall–Kier alpha value is -3.28. The molecule has 0 spiro atoms. The molecular weight excluding hydrogens is 408 g/mol. The molecule has 6 nitrogen and oxygen atoms in total. The number of fused-ring (bicyclic) bond motifs is 1. The summed E-state index contributed by atoms with van der Waals surface area (Å²) in [4.78, 5) is 23.5. The van der Waals surface area contributed by atoms with Crippen LogP contribution in [0.25, 0.3) is 10.8 Å². The minimum absolute atomic E-state index is 0.253. The molecule has 2 rings (SSSR count). The summed E-state index contributed by atoms with van der Waals surface area (Å²) in [5.74, 6) is 0.503. The third-order valence-electron chi connectivity index (χ3n) is 4.81. The standard InChI is InChI=1S/C26H32O6/c1-7-21(31-25(27)17(3)4)15-29-23-11-9-19-10-12-24(14-20(19)13-23)30-16-22(8-2)32-26(28)18(5)6/h9-14,21-22H,3,5,7-8,15-16H2,1-2,4,6H3. The van der Waals surface area contributed by atoms with Gasteiger partial charge in [-0.05, 0) is 61.7 Å². The summed E-state index contributed by atoms with van der Waals surface area (Å²) in [5, 5.41) is 1.98. The van der Waals surface area contributed by atoms with Gasteiger partial charge in [-0.1, -0.05) is 39.1 Å². The van der Waals surface area contributed by atoms with Gasteiger partial charge in [-0.3, -0.25) is 0 Å². The molecule has 2 unspecified atom stereocenters. The Morgan fingerprint density at radius 1 is 0.750 bits per heavy atom. The summed E-state index contributed by atoms with van der Waals surface area (Å²) in [6.45, 7) is 14.8. The Balaban J connectivity index is 2.02. The molecule has 0 N–H and O–H groups in total. The summed E-state index contributed by atoms with van der Waals surface area (Å²) >= 11 is 0. The van der Waals surface area contributed by atoms with Crippen LogP contribution in [0.15, 0.2) is 60.7 Å². The number of hydrogen-bond acceptors (Lipinski definition) is 6. The normalized spacial score (nSPS) is 12.5. The fraction of sp³-hybridized carbons (Fsp3) is 0.385. The van der Waals surface area contributed by atoms with Crippen LogP contribution < -0.4 is 9.47 Å². The molecule has 2 aromatic carbocycles. The number of carbonyl (C=O) groups excluding carboxylic acids is 2. The fourth-order valence-corrected chi connectivity index (χ4v) is 2.74. The third kappa shape index (κ3) is 7.45. The first kappa shape index (κ1) is 25.0. The average Bonchev–Trinajstić information content (AvgIpc) is 2.78. The molecule has 6 heteroatoms. The van der Waals surface area contributed by atoms with Gasteiger partial charge in [0.1, 0.15) is 36.9 Å². The van der Waals surface area contributed by atoms with Gasteiger partial charge in [0.2, 0.25) is 0 Å². The molecule has 2 atom stereocenters. The first-order valence-corrected chi connectivity index (χ1v) is 10.8. The highest BCUT2D eigenvalue weighted by Crippen LogP contribution is 2.26. The molecule has 0 radical (unpaired) electrons. The monoisotopic (exact) mass is 440 g/mol. The second-order valence-corrected chi connectivity index (χ2v) is 7.72. The van der Waals surface area contributed by atoms with E-state index in [0.717, 1.165) is 10.8 Å². The van der Waals surface area contributed by atoms with Crippen molar-refractivity contribution in [3.63, 3.8) is 0 Å². The smallest absolute Gasteiger partial charge is 0.333 e. The van der Waals surface area contributed by atoms with Crippen molar-refractivity contribution in [1.82, 2.24) is 0 Å². The first-order valence-electron chi connectivity index (χ1n) is 10.8. The van der Waals surface area contributed by atoms with E-state index in [2.05, 4.69) is 13.2 Å². The molecule has 0 aromatic heterocycles. The lowest BCUT2D eigenvalue weighted by molar-refractivity contribution is -0.146. The van der Waals surface area contributed by atoms with Gasteiger partial charge in [0.05, 0.1) is 0 Å². The minimum Gasteiger partial charge on any atom is -0.490 e. The summed E-state index contributed by atoms with van der Waals surface area (Å²) < 4.78 is 22.5. The van der Waals surface area contributed by atoms with Crippen LogP contribution in [0.2, 0.25) is 0 Å². The van der Waals surface area contributed by atoms with E-state index in [4.69, 9.17) is 18.9 Å². The predicted molar refractivity (Wildman–Crippen MR) is 125 cm³/mol. The van der Waals surface area contributed by atoms with E-state index in [1.807, 2.05) is 50.2 Å². The maximum absolute atomic E-state index is 11.7. The van der Waals surface area contributed by atoms with Crippen molar-refractivity contribution in [2.75, 3.05) is 13.2 Å².